The topological polar surface area (TPSA) is 56.6 Å². The van der Waals surface area contributed by atoms with Crippen molar-refractivity contribution >= 4 is 5.91 Å². The first-order valence-electron chi connectivity index (χ1n) is 9.03. The van der Waals surface area contributed by atoms with E-state index in [0.29, 0.717) is 25.5 Å². The van der Waals surface area contributed by atoms with E-state index in [-0.39, 0.29) is 11.8 Å². The van der Waals surface area contributed by atoms with Crippen molar-refractivity contribution in [2.75, 3.05) is 20.3 Å². The van der Waals surface area contributed by atoms with E-state index in [1.165, 1.54) is 0 Å². The fourth-order valence-electron chi connectivity index (χ4n) is 3.42. The van der Waals surface area contributed by atoms with Crippen molar-refractivity contribution in [2.24, 2.45) is 18.9 Å². The molecule has 0 aliphatic carbocycles. The number of aromatic nitrogens is 2. The van der Waals surface area contributed by atoms with Gasteiger partial charge in [0.2, 0.25) is 5.91 Å². The van der Waals surface area contributed by atoms with Gasteiger partial charge in [0, 0.05) is 31.9 Å². The molecule has 1 aliphatic rings. The Bertz CT molecular complexity index is 769. The quantitative estimate of drug-likeness (QED) is 0.798. The van der Waals surface area contributed by atoms with Crippen LogP contribution in [0.5, 0.6) is 11.5 Å². The van der Waals surface area contributed by atoms with Gasteiger partial charge in [0.15, 0.2) is 11.5 Å². The summed E-state index contributed by atoms with van der Waals surface area (Å²) < 4.78 is 13.0. The Kier molecular flexibility index (Phi) is 5.49. The van der Waals surface area contributed by atoms with Gasteiger partial charge in [0.25, 0.3) is 0 Å². The summed E-state index contributed by atoms with van der Waals surface area (Å²) in [6.45, 7) is 5.93. The molecule has 0 bridgehead atoms. The predicted molar refractivity (Wildman–Crippen MR) is 99.1 cm³/mol. The molecule has 3 rings (SSSR count). The van der Waals surface area contributed by atoms with Gasteiger partial charge in [-0.3, -0.25) is 9.48 Å². The largest absolute Gasteiger partial charge is 0.493 e. The van der Waals surface area contributed by atoms with E-state index >= 15 is 0 Å². The molecule has 140 valence electrons. The highest BCUT2D eigenvalue weighted by Gasteiger charge is 2.31. The van der Waals surface area contributed by atoms with Crippen molar-refractivity contribution in [1.29, 1.82) is 0 Å². The molecular weight excluding hydrogens is 330 g/mol. The van der Waals surface area contributed by atoms with Gasteiger partial charge in [-0.15, -0.1) is 0 Å². The van der Waals surface area contributed by atoms with E-state index in [1.807, 2.05) is 42.5 Å². The molecule has 1 atom stereocenters. The van der Waals surface area contributed by atoms with Gasteiger partial charge in [-0.2, -0.15) is 5.10 Å². The molecule has 2 aromatic rings. The van der Waals surface area contributed by atoms with Gasteiger partial charge in [-0.1, -0.05) is 26.0 Å². The molecule has 26 heavy (non-hydrogen) atoms. The molecule has 0 spiro atoms. The number of benzene rings is 1. The van der Waals surface area contributed by atoms with Gasteiger partial charge >= 0.3 is 0 Å². The van der Waals surface area contributed by atoms with Crippen molar-refractivity contribution in [3.63, 3.8) is 0 Å². The number of fused-ring (bicyclic) bond motifs is 1. The Balaban J connectivity index is 1.76. The van der Waals surface area contributed by atoms with Crippen molar-refractivity contribution in [2.45, 2.75) is 26.8 Å². The maximum Gasteiger partial charge on any atom is 0.229 e. The van der Waals surface area contributed by atoms with Crippen LogP contribution in [-0.2, 0) is 24.8 Å². The normalized spacial score (nSPS) is 16.1. The third kappa shape index (κ3) is 4.00. The fourth-order valence-corrected chi connectivity index (χ4v) is 3.42. The van der Waals surface area contributed by atoms with E-state index in [1.54, 1.807) is 11.8 Å². The van der Waals surface area contributed by atoms with Crippen LogP contribution in [0.4, 0.5) is 0 Å². The van der Waals surface area contributed by atoms with Crippen molar-refractivity contribution in [3.8, 4) is 11.5 Å². The van der Waals surface area contributed by atoms with Crippen LogP contribution in [0.2, 0.25) is 0 Å². The first-order valence-corrected chi connectivity index (χ1v) is 9.03. The Hall–Kier alpha value is -2.50. The molecule has 0 radical (unpaired) electrons. The third-order valence-corrected chi connectivity index (χ3v) is 4.55. The number of methoxy groups -OCH3 is 1. The first kappa shape index (κ1) is 18.3. The van der Waals surface area contributed by atoms with Crippen molar-refractivity contribution in [3.05, 3.63) is 41.7 Å². The molecule has 0 fully saturated rings. The van der Waals surface area contributed by atoms with E-state index in [9.17, 15) is 4.79 Å². The highest BCUT2D eigenvalue weighted by molar-refractivity contribution is 5.80. The smallest absolute Gasteiger partial charge is 0.229 e. The molecule has 1 aromatic carbocycles. The number of ether oxygens (including phenoxy) is 2. The number of carbonyl (C=O) groups is 1. The summed E-state index contributed by atoms with van der Waals surface area (Å²) in [5.41, 5.74) is 2.07. The third-order valence-electron chi connectivity index (χ3n) is 4.55. The average Bonchev–Trinajstić information content (AvgIpc) is 3.04. The Morgan fingerprint density at radius 1 is 1.46 bits per heavy atom. The summed E-state index contributed by atoms with van der Waals surface area (Å²) in [5, 5.41) is 4.21. The highest BCUT2D eigenvalue weighted by atomic mass is 16.5. The van der Waals surface area contributed by atoms with Crippen LogP contribution < -0.4 is 9.47 Å². The number of hydrogen-bond acceptors (Lipinski definition) is 4. The summed E-state index contributed by atoms with van der Waals surface area (Å²) in [6, 6.07) is 5.83. The molecule has 0 unspecified atom stereocenters. The molecule has 0 N–H and O–H groups in total. The number of rotatable bonds is 6. The van der Waals surface area contributed by atoms with Gasteiger partial charge in [-0.25, -0.2) is 0 Å². The van der Waals surface area contributed by atoms with E-state index in [4.69, 9.17) is 9.47 Å². The zero-order valence-corrected chi connectivity index (χ0v) is 15.9. The second-order valence-electron chi connectivity index (χ2n) is 7.30. The van der Waals surface area contributed by atoms with Crippen LogP contribution in [0, 0.1) is 11.8 Å². The van der Waals surface area contributed by atoms with Gasteiger partial charge in [-0.05, 0) is 24.0 Å². The summed E-state index contributed by atoms with van der Waals surface area (Å²) in [4.78, 5) is 15.1. The molecule has 0 saturated carbocycles. The van der Waals surface area contributed by atoms with Gasteiger partial charge < -0.3 is 14.4 Å². The standard InChI is InChI=1S/C20H27N3O3/c1-14(2)10-23(12-15-9-21-22(3)11-15)20(24)17-8-16-6-5-7-18(25-4)19(16)26-13-17/h5-7,9,11,14,17H,8,10,12-13H2,1-4H3/t17-/m1/s1. The maximum absolute atomic E-state index is 13.2. The molecule has 0 saturated heterocycles. The van der Waals surface area contributed by atoms with Crippen molar-refractivity contribution < 1.29 is 14.3 Å². The lowest BCUT2D eigenvalue weighted by Crippen LogP contribution is -2.42. The number of amides is 1. The SMILES string of the molecule is COc1cccc2c1OC[C@H](C(=O)N(Cc1cnn(C)c1)CC(C)C)C2. The molecule has 1 amide bonds. The number of hydrogen-bond donors (Lipinski definition) is 0. The van der Waals surface area contributed by atoms with Crippen LogP contribution in [0.25, 0.3) is 0 Å². The first-order chi connectivity index (χ1) is 12.5. The van der Waals surface area contributed by atoms with Crippen LogP contribution >= 0.6 is 0 Å². The molecule has 1 aliphatic heterocycles. The van der Waals surface area contributed by atoms with Gasteiger partial charge in [0.05, 0.1) is 19.2 Å². The van der Waals surface area contributed by atoms with Crippen LogP contribution in [0.3, 0.4) is 0 Å². The lowest BCUT2D eigenvalue weighted by molar-refractivity contribution is -0.138. The minimum absolute atomic E-state index is 0.135. The summed E-state index contributed by atoms with van der Waals surface area (Å²) >= 11 is 0. The predicted octanol–water partition coefficient (Wildman–Crippen LogP) is 2.66. The fraction of sp³-hybridized carbons (Fsp3) is 0.500. The van der Waals surface area contributed by atoms with Crippen LogP contribution in [-0.4, -0.2) is 40.8 Å². The van der Waals surface area contributed by atoms with Crippen molar-refractivity contribution in [1.82, 2.24) is 14.7 Å². The number of nitrogens with zero attached hydrogens (tertiary/aromatic N) is 3. The zero-order valence-electron chi connectivity index (χ0n) is 15.9. The van der Waals surface area contributed by atoms with Gasteiger partial charge in [0.1, 0.15) is 6.61 Å². The lowest BCUT2D eigenvalue weighted by atomic mass is 9.94. The monoisotopic (exact) mass is 357 g/mol. The zero-order chi connectivity index (χ0) is 18.7. The van der Waals surface area contributed by atoms with E-state index in [2.05, 4.69) is 18.9 Å². The maximum atomic E-state index is 13.2. The molecule has 2 heterocycles. The molecule has 1 aromatic heterocycles. The van der Waals surface area contributed by atoms with Crippen LogP contribution in [0.15, 0.2) is 30.6 Å². The molecule has 6 nitrogen and oxygen atoms in total. The molecule has 6 heteroatoms. The minimum atomic E-state index is -0.176. The lowest BCUT2D eigenvalue weighted by Gasteiger charge is -2.31. The second kappa shape index (κ2) is 7.81. The molecular formula is C20H27N3O3. The van der Waals surface area contributed by atoms with E-state index in [0.717, 1.165) is 29.2 Å². The summed E-state index contributed by atoms with van der Waals surface area (Å²) in [7, 11) is 3.52. The van der Waals surface area contributed by atoms with E-state index < -0.39 is 0 Å². The minimum Gasteiger partial charge on any atom is -0.493 e. The number of para-hydroxylation sites is 1. The summed E-state index contributed by atoms with van der Waals surface area (Å²) in [5.74, 6) is 1.85. The number of carbonyl (C=O) groups excluding carboxylic acids is 1. The Labute approximate surface area is 154 Å². The second-order valence-corrected chi connectivity index (χ2v) is 7.30. The Morgan fingerprint density at radius 3 is 2.92 bits per heavy atom. The average molecular weight is 357 g/mol. The highest BCUT2D eigenvalue weighted by Crippen LogP contribution is 2.36. The summed E-state index contributed by atoms with van der Waals surface area (Å²) in [6.07, 6.45) is 4.45. The number of aryl methyl sites for hydroxylation is 1. The van der Waals surface area contributed by atoms with Crippen LogP contribution in [0.1, 0.15) is 25.0 Å². The Morgan fingerprint density at radius 2 is 2.27 bits per heavy atom.